The van der Waals surface area contributed by atoms with Crippen LogP contribution in [0.1, 0.15) is 40.5 Å². The zero-order valence-electron chi connectivity index (χ0n) is 8.49. The van der Waals surface area contributed by atoms with Crippen molar-refractivity contribution >= 4 is 0 Å². The van der Waals surface area contributed by atoms with Gasteiger partial charge in [0, 0.05) is 6.04 Å². The van der Waals surface area contributed by atoms with Crippen LogP contribution in [-0.4, -0.2) is 13.1 Å². The molecule has 1 saturated carbocycles. The van der Waals surface area contributed by atoms with Crippen LogP contribution in [-0.2, 0) is 0 Å². The van der Waals surface area contributed by atoms with E-state index < -0.39 is 0 Å². The van der Waals surface area contributed by atoms with E-state index in [9.17, 15) is 0 Å². The molecule has 1 nitrogen and oxygen atoms in total. The Morgan fingerprint density at radius 3 is 1.82 bits per heavy atom. The lowest BCUT2D eigenvalue weighted by Crippen LogP contribution is -2.40. The first-order chi connectivity index (χ1) is 4.94. The van der Waals surface area contributed by atoms with E-state index in [2.05, 4.69) is 40.1 Å². The Bertz CT molecular complexity index is 139. The maximum atomic E-state index is 3.37. The summed E-state index contributed by atoms with van der Waals surface area (Å²) in [5, 5.41) is 3.37. The van der Waals surface area contributed by atoms with Crippen LogP contribution in [0.5, 0.6) is 0 Å². The third-order valence-corrected chi connectivity index (χ3v) is 3.54. The minimum Gasteiger partial charge on any atom is -0.317 e. The molecule has 0 aromatic heterocycles. The molecule has 1 N–H and O–H groups in total. The van der Waals surface area contributed by atoms with Crippen molar-refractivity contribution in [1.29, 1.82) is 0 Å². The predicted molar refractivity (Wildman–Crippen MR) is 49.6 cm³/mol. The fourth-order valence-corrected chi connectivity index (χ4v) is 2.24. The Morgan fingerprint density at radius 2 is 1.73 bits per heavy atom. The molecule has 1 rings (SSSR count). The van der Waals surface area contributed by atoms with Gasteiger partial charge in [-0.05, 0) is 37.6 Å². The highest BCUT2D eigenvalue weighted by molar-refractivity contribution is 5.06. The molecule has 1 aliphatic rings. The largest absolute Gasteiger partial charge is 0.317 e. The monoisotopic (exact) mass is 155 g/mol. The molecule has 0 aromatic carbocycles. The maximum Gasteiger partial charge on any atom is 0.00972 e. The molecular weight excluding hydrogens is 134 g/mol. The summed E-state index contributed by atoms with van der Waals surface area (Å²) in [4.78, 5) is 0. The van der Waals surface area contributed by atoms with E-state index in [4.69, 9.17) is 0 Å². The summed E-state index contributed by atoms with van der Waals surface area (Å²) in [6.45, 7) is 9.37. The van der Waals surface area contributed by atoms with Crippen LogP contribution in [0.4, 0.5) is 0 Å². The minimum absolute atomic E-state index is 0.468. The lowest BCUT2D eigenvalue weighted by atomic mass is 9.73. The van der Waals surface area contributed by atoms with Gasteiger partial charge in [-0.3, -0.25) is 0 Å². The molecule has 0 spiro atoms. The molecule has 0 bridgehead atoms. The predicted octanol–water partition coefficient (Wildman–Crippen LogP) is 2.42. The highest BCUT2D eigenvalue weighted by atomic mass is 14.9. The van der Waals surface area contributed by atoms with Gasteiger partial charge in [0.1, 0.15) is 0 Å². The maximum absolute atomic E-state index is 3.37. The van der Waals surface area contributed by atoms with Crippen LogP contribution in [0.15, 0.2) is 0 Å². The molecule has 0 radical (unpaired) electrons. The SMILES string of the molecule is CNC(C)C1(C(C)(C)C)CC1. The van der Waals surface area contributed by atoms with Gasteiger partial charge in [0.25, 0.3) is 0 Å². The quantitative estimate of drug-likeness (QED) is 0.645. The molecule has 0 aromatic rings. The summed E-state index contributed by atoms with van der Waals surface area (Å²) in [6.07, 6.45) is 2.80. The first kappa shape index (κ1) is 9.05. The van der Waals surface area contributed by atoms with Crippen LogP contribution in [0.25, 0.3) is 0 Å². The lowest BCUT2D eigenvalue weighted by molar-refractivity contribution is 0.165. The number of hydrogen-bond donors (Lipinski definition) is 1. The molecule has 0 saturated heterocycles. The van der Waals surface area contributed by atoms with Crippen LogP contribution in [0.2, 0.25) is 0 Å². The number of nitrogens with one attached hydrogen (secondary N) is 1. The topological polar surface area (TPSA) is 12.0 Å². The lowest BCUT2D eigenvalue weighted by Gasteiger charge is -2.36. The van der Waals surface area contributed by atoms with Gasteiger partial charge >= 0.3 is 0 Å². The molecule has 0 amide bonds. The second kappa shape index (κ2) is 2.48. The summed E-state index contributed by atoms with van der Waals surface area (Å²) in [5.74, 6) is 0. The van der Waals surface area contributed by atoms with E-state index in [1.807, 2.05) is 0 Å². The summed E-state index contributed by atoms with van der Waals surface area (Å²) < 4.78 is 0. The Hall–Kier alpha value is -0.0400. The summed E-state index contributed by atoms with van der Waals surface area (Å²) in [7, 11) is 2.07. The molecular formula is C10H21N. The summed E-state index contributed by atoms with van der Waals surface area (Å²) >= 11 is 0. The van der Waals surface area contributed by atoms with Crippen molar-refractivity contribution in [3.8, 4) is 0 Å². The first-order valence-electron chi connectivity index (χ1n) is 4.61. The zero-order chi connectivity index (χ0) is 8.70. The van der Waals surface area contributed by atoms with Crippen molar-refractivity contribution in [3.63, 3.8) is 0 Å². The first-order valence-corrected chi connectivity index (χ1v) is 4.61. The fraction of sp³-hybridized carbons (Fsp3) is 1.00. The zero-order valence-corrected chi connectivity index (χ0v) is 8.49. The molecule has 1 fully saturated rings. The average Bonchev–Trinajstić information content (AvgIpc) is 2.63. The van der Waals surface area contributed by atoms with E-state index in [1.54, 1.807) is 0 Å². The molecule has 66 valence electrons. The third-order valence-electron chi connectivity index (χ3n) is 3.54. The van der Waals surface area contributed by atoms with Gasteiger partial charge in [0.05, 0.1) is 0 Å². The number of hydrogen-bond acceptors (Lipinski definition) is 1. The Morgan fingerprint density at radius 1 is 1.27 bits per heavy atom. The van der Waals surface area contributed by atoms with E-state index in [0.29, 0.717) is 16.9 Å². The minimum atomic E-state index is 0.468. The molecule has 0 aliphatic heterocycles. The van der Waals surface area contributed by atoms with E-state index in [-0.39, 0.29) is 0 Å². The number of rotatable bonds is 2. The second-order valence-electron chi connectivity index (χ2n) is 4.92. The molecule has 1 heteroatoms. The van der Waals surface area contributed by atoms with Crippen molar-refractivity contribution in [2.75, 3.05) is 7.05 Å². The van der Waals surface area contributed by atoms with Crippen molar-refractivity contribution in [1.82, 2.24) is 5.32 Å². The van der Waals surface area contributed by atoms with Gasteiger partial charge < -0.3 is 5.32 Å². The average molecular weight is 155 g/mol. The highest BCUT2D eigenvalue weighted by Gasteiger charge is 2.54. The van der Waals surface area contributed by atoms with Crippen LogP contribution in [0, 0.1) is 10.8 Å². The van der Waals surface area contributed by atoms with E-state index in [0.717, 1.165) is 0 Å². The van der Waals surface area contributed by atoms with Crippen molar-refractivity contribution in [2.45, 2.75) is 46.6 Å². The van der Waals surface area contributed by atoms with E-state index in [1.165, 1.54) is 12.8 Å². The van der Waals surface area contributed by atoms with Gasteiger partial charge in [0.15, 0.2) is 0 Å². The molecule has 11 heavy (non-hydrogen) atoms. The van der Waals surface area contributed by atoms with Crippen molar-refractivity contribution < 1.29 is 0 Å². The summed E-state index contributed by atoms with van der Waals surface area (Å²) in [5.41, 5.74) is 1.05. The summed E-state index contributed by atoms with van der Waals surface area (Å²) in [6, 6.07) is 0.669. The van der Waals surface area contributed by atoms with Gasteiger partial charge in [0.2, 0.25) is 0 Å². The highest BCUT2D eigenvalue weighted by Crippen LogP contribution is 2.60. The Balaban J connectivity index is 2.68. The van der Waals surface area contributed by atoms with Gasteiger partial charge in [-0.1, -0.05) is 20.8 Å². The Kier molecular flexibility index (Phi) is 2.04. The standard InChI is InChI=1S/C10H21N/c1-8(11-5)10(6-7-10)9(2,3)4/h8,11H,6-7H2,1-5H3. The van der Waals surface area contributed by atoms with Crippen molar-refractivity contribution in [2.24, 2.45) is 10.8 Å². The van der Waals surface area contributed by atoms with Crippen LogP contribution < -0.4 is 5.32 Å². The van der Waals surface area contributed by atoms with Gasteiger partial charge in [-0.2, -0.15) is 0 Å². The molecule has 1 unspecified atom stereocenters. The smallest absolute Gasteiger partial charge is 0.00972 e. The van der Waals surface area contributed by atoms with Crippen LogP contribution in [0.3, 0.4) is 0 Å². The van der Waals surface area contributed by atoms with Crippen LogP contribution >= 0.6 is 0 Å². The van der Waals surface area contributed by atoms with E-state index >= 15 is 0 Å². The third kappa shape index (κ3) is 1.31. The fourth-order valence-electron chi connectivity index (χ4n) is 2.24. The van der Waals surface area contributed by atoms with Gasteiger partial charge in [-0.15, -0.1) is 0 Å². The molecule has 1 atom stereocenters. The molecule has 0 heterocycles. The van der Waals surface area contributed by atoms with Gasteiger partial charge in [-0.25, -0.2) is 0 Å². The van der Waals surface area contributed by atoms with Crippen molar-refractivity contribution in [3.05, 3.63) is 0 Å². The Labute approximate surface area is 70.6 Å². The second-order valence-corrected chi connectivity index (χ2v) is 4.92. The molecule has 1 aliphatic carbocycles. The normalized spacial score (nSPS) is 24.8.